The molecule has 0 unspecified atom stereocenters. The summed E-state index contributed by atoms with van der Waals surface area (Å²) < 4.78 is 28.4. The third-order valence-corrected chi connectivity index (χ3v) is 3.86. The molecule has 0 aliphatic heterocycles. The first kappa shape index (κ1) is 14.5. The normalized spacial score (nSPS) is 11.3. The van der Waals surface area contributed by atoms with Crippen molar-refractivity contribution in [3.63, 3.8) is 0 Å². The lowest BCUT2D eigenvalue weighted by atomic mass is 10.2. The first-order valence-electron chi connectivity index (χ1n) is 5.94. The second-order valence-electron chi connectivity index (χ2n) is 4.44. The molecule has 0 bridgehead atoms. The Bertz CT molecular complexity index is 708. The van der Waals surface area contributed by atoms with Crippen LogP contribution in [0.25, 0.3) is 0 Å². The zero-order valence-electron chi connectivity index (χ0n) is 11.2. The number of sulfone groups is 1. The molecule has 6 heteroatoms. The van der Waals surface area contributed by atoms with Crippen molar-refractivity contribution in [2.24, 2.45) is 0 Å². The van der Waals surface area contributed by atoms with E-state index in [1.54, 1.807) is 24.4 Å². The Morgan fingerprint density at radius 3 is 2.45 bits per heavy atom. The molecule has 106 valence electrons. The van der Waals surface area contributed by atoms with Gasteiger partial charge in [-0.05, 0) is 31.2 Å². The minimum Gasteiger partial charge on any atom is -0.457 e. The van der Waals surface area contributed by atoms with Crippen LogP contribution in [0, 0.1) is 6.92 Å². The fourth-order valence-electron chi connectivity index (χ4n) is 1.66. The van der Waals surface area contributed by atoms with Crippen molar-refractivity contribution in [3.8, 4) is 11.5 Å². The third kappa shape index (κ3) is 3.34. The molecule has 0 fully saturated rings. The summed E-state index contributed by atoms with van der Waals surface area (Å²) >= 11 is 0. The molecule has 0 radical (unpaired) electrons. The van der Waals surface area contributed by atoms with Gasteiger partial charge in [0, 0.05) is 29.8 Å². The second-order valence-corrected chi connectivity index (χ2v) is 6.45. The summed E-state index contributed by atoms with van der Waals surface area (Å²) in [4.78, 5) is 4.31. The highest BCUT2D eigenvalue weighted by Gasteiger charge is 2.09. The van der Waals surface area contributed by atoms with E-state index in [0.717, 1.165) is 11.9 Å². The Balaban J connectivity index is 2.29. The number of rotatable bonds is 4. The van der Waals surface area contributed by atoms with Crippen LogP contribution in [0.5, 0.6) is 11.5 Å². The van der Waals surface area contributed by atoms with E-state index in [0.29, 0.717) is 17.1 Å². The lowest BCUT2D eigenvalue weighted by Crippen LogP contribution is -1.97. The van der Waals surface area contributed by atoms with Crippen molar-refractivity contribution in [1.82, 2.24) is 4.98 Å². The van der Waals surface area contributed by atoms with E-state index < -0.39 is 9.84 Å². The number of ether oxygens (including phenoxy) is 1. The number of aliphatic hydroxyl groups excluding tert-OH is 1. The summed E-state index contributed by atoms with van der Waals surface area (Å²) in [5.74, 6) is 1.00. The van der Waals surface area contributed by atoms with E-state index in [-0.39, 0.29) is 11.5 Å². The molecule has 2 rings (SSSR count). The first-order valence-corrected chi connectivity index (χ1v) is 7.83. The molecular weight excluding hydrogens is 278 g/mol. The molecule has 1 aromatic carbocycles. The molecule has 0 aliphatic rings. The molecule has 0 amide bonds. The van der Waals surface area contributed by atoms with E-state index >= 15 is 0 Å². The lowest BCUT2D eigenvalue weighted by Gasteiger charge is -2.10. The van der Waals surface area contributed by atoms with Crippen LogP contribution in [-0.4, -0.2) is 24.8 Å². The van der Waals surface area contributed by atoms with Crippen LogP contribution in [0.15, 0.2) is 41.4 Å². The number of nitrogens with zero attached hydrogens (tertiary/aromatic N) is 1. The van der Waals surface area contributed by atoms with Gasteiger partial charge < -0.3 is 9.84 Å². The minimum atomic E-state index is -3.22. The summed E-state index contributed by atoms with van der Waals surface area (Å²) in [6.45, 7) is 1.64. The van der Waals surface area contributed by atoms with Crippen molar-refractivity contribution in [2.75, 3.05) is 6.26 Å². The van der Waals surface area contributed by atoms with E-state index in [4.69, 9.17) is 4.74 Å². The van der Waals surface area contributed by atoms with Crippen molar-refractivity contribution < 1.29 is 18.3 Å². The number of benzene rings is 1. The Kier molecular flexibility index (Phi) is 4.06. The molecule has 1 N–H and O–H groups in total. The number of aryl methyl sites for hydroxylation is 1. The summed E-state index contributed by atoms with van der Waals surface area (Å²) in [5.41, 5.74) is 1.34. The standard InChI is InChI=1S/C14H15NO4S/c1-10-7-14(11(9-16)8-15-10)19-12-3-5-13(6-4-12)20(2,17)18/h3-8,16H,9H2,1-2H3. The maximum Gasteiger partial charge on any atom is 0.175 e. The number of pyridine rings is 1. The number of aromatic nitrogens is 1. The fourth-order valence-corrected chi connectivity index (χ4v) is 2.29. The monoisotopic (exact) mass is 293 g/mol. The van der Waals surface area contributed by atoms with Crippen molar-refractivity contribution in [1.29, 1.82) is 0 Å². The van der Waals surface area contributed by atoms with Crippen LogP contribution in [-0.2, 0) is 16.4 Å². The van der Waals surface area contributed by atoms with Gasteiger partial charge in [0.2, 0.25) is 0 Å². The zero-order chi connectivity index (χ0) is 14.8. The maximum atomic E-state index is 11.4. The molecule has 0 aliphatic carbocycles. The Hall–Kier alpha value is -1.92. The van der Waals surface area contributed by atoms with Crippen LogP contribution < -0.4 is 4.74 Å². The highest BCUT2D eigenvalue weighted by Crippen LogP contribution is 2.26. The smallest absolute Gasteiger partial charge is 0.175 e. The van der Waals surface area contributed by atoms with Gasteiger partial charge in [0.05, 0.1) is 11.5 Å². The van der Waals surface area contributed by atoms with Gasteiger partial charge in [-0.1, -0.05) is 0 Å². The van der Waals surface area contributed by atoms with Gasteiger partial charge in [0.25, 0.3) is 0 Å². The Labute approximate surface area is 117 Å². The van der Waals surface area contributed by atoms with Gasteiger partial charge in [-0.25, -0.2) is 8.42 Å². The van der Waals surface area contributed by atoms with Gasteiger partial charge in [0.1, 0.15) is 11.5 Å². The van der Waals surface area contributed by atoms with Crippen LogP contribution in [0.3, 0.4) is 0 Å². The van der Waals surface area contributed by atoms with Crippen molar-refractivity contribution >= 4 is 9.84 Å². The predicted molar refractivity (Wildman–Crippen MR) is 74.5 cm³/mol. The molecule has 1 heterocycles. The van der Waals surface area contributed by atoms with Crippen molar-refractivity contribution in [2.45, 2.75) is 18.4 Å². The van der Waals surface area contributed by atoms with Crippen LogP contribution >= 0.6 is 0 Å². The summed E-state index contributed by atoms with van der Waals surface area (Å²) in [5, 5.41) is 9.24. The number of hydrogen-bond donors (Lipinski definition) is 1. The maximum absolute atomic E-state index is 11.4. The molecule has 5 nitrogen and oxygen atoms in total. The fraction of sp³-hybridized carbons (Fsp3) is 0.214. The van der Waals surface area contributed by atoms with Crippen LogP contribution in [0.4, 0.5) is 0 Å². The number of aliphatic hydroxyl groups is 1. The Morgan fingerprint density at radius 2 is 1.90 bits per heavy atom. The molecular formula is C14H15NO4S. The second kappa shape index (κ2) is 5.60. The summed E-state index contributed by atoms with van der Waals surface area (Å²) in [6, 6.07) is 7.84. The summed E-state index contributed by atoms with van der Waals surface area (Å²) in [7, 11) is -3.22. The van der Waals surface area contributed by atoms with Crippen LogP contribution in [0.2, 0.25) is 0 Å². The highest BCUT2D eigenvalue weighted by molar-refractivity contribution is 7.90. The molecule has 0 saturated heterocycles. The average molecular weight is 293 g/mol. The topological polar surface area (TPSA) is 76.5 Å². The van der Waals surface area contributed by atoms with Gasteiger partial charge in [-0.15, -0.1) is 0 Å². The zero-order valence-corrected chi connectivity index (χ0v) is 12.0. The van der Waals surface area contributed by atoms with E-state index in [1.807, 2.05) is 6.92 Å². The van der Waals surface area contributed by atoms with E-state index in [1.165, 1.54) is 12.1 Å². The minimum absolute atomic E-state index is 0.177. The van der Waals surface area contributed by atoms with Gasteiger partial charge >= 0.3 is 0 Å². The van der Waals surface area contributed by atoms with Crippen molar-refractivity contribution in [3.05, 3.63) is 47.8 Å². The molecule has 0 atom stereocenters. The SMILES string of the molecule is Cc1cc(Oc2ccc(S(C)(=O)=O)cc2)c(CO)cn1. The predicted octanol–water partition coefficient (Wildman–Crippen LogP) is 2.08. The third-order valence-electron chi connectivity index (χ3n) is 2.73. The van der Waals surface area contributed by atoms with E-state index in [2.05, 4.69) is 4.98 Å². The molecule has 1 aromatic heterocycles. The highest BCUT2D eigenvalue weighted by atomic mass is 32.2. The van der Waals surface area contributed by atoms with Gasteiger partial charge in [-0.2, -0.15) is 0 Å². The largest absolute Gasteiger partial charge is 0.457 e. The molecule has 20 heavy (non-hydrogen) atoms. The number of hydrogen-bond acceptors (Lipinski definition) is 5. The first-order chi connectivity index (χ1) is 9.40. The average Bonchev–Trinajstić information content (AvgIpc) is 2.38. The van der Waals surface area contributed by atoms with Gasteiger partial charge in [-0.3, -0.25) is 4.98 Å². The Morgan fingerprint density at radius 1 is 1.25 bits per heavy atom. The quantitative estimate of drug-likeness (QED) is 0.934. The van der Waals surface area contributed by atoms with Gasteiger partial charge in [0.15, 0.2) is 9.84 Å². The van der Waals surface area contributed by atoms with Crippen LogP contribution in [0.1, 0.15) is 11.3 Å². The molecule has 0 saturated carbocycles. The molecule has 0 spiro atoms. The molecule has 2 aromatic rings. The summed E-state index contributed by atoms with van der Waals surface area (Å²) in [6.07, 6.45) is 2.70. The van der Waals surface area contributed by atoms with E-state index in [9.17, 15) is 13.5 Å². The lowest BCUT2D eigenvalue weighted by molar-refractivity contribution is 0.276.